The van der Waals surface area contributed by atoms with E-state index in [2.05, 4.69) is 55.3 Å². The average Bonchev–Trinajstić information content (AvgIpc) is 2.38. The van der Waals surface area contributed by atoms with E-state index < -0.39 is 0 Å². The van der Waals surface area contributed by atoms with Gasteiger partial charge in [0.2, 0.25) is 5.91 Å². The summed E-state index contributed by atoms with van der Waals surface area (Å²) in [6.45, 7) is 7.05. The summed E-state index contributed by atoms with van der Waals surface area (Å²) >= 11 is 0. The van der Waals surface area contributed by atoms with Crippen LogP contribution in [0.1, 0.15) is 37.8 Å². The second-order valence-corrected chi connectivity index (χ2v) is 6.26. The number of hydrogen-bond acceptors (Lipinski definition) is 2. The van der Waals surface area contributed by atoms with Crippen LogP contribution in [0.2, 0.25) is 0 Å². The zero-order chi connectivity index (χ0) is 15.2. The molecule has 0 saturated carbocycles. The van der Waals surface area contributed by atoms with E-state index in [0.29, 0.717) is 13.0 Å². The molecule has 1 aromatic carbocycles. The minimum atomic E-state index is -0.00826. The average molecular weight is 276 g/mol. The van der Waals surface area contributed by atoms with Gasteiger partial charge in [-0.2, -0.15) is 0 Å². The van der Waals surface area contributed by atoms with Crippen LogP contribution in [0.4, 0.5) is 0 Å². The summed E-state index contributed by atoms with van der Waals surface area (Å²) in [7, 11) is 4.06. The van der Waals surface area contributed by atoms with Crippen molar-refractivity contribution >= 4 is 5.91 Å². The molecule has 1 amide bonds. The fourth-order valence-electron chi connectivity index (χ4n) is 1.89. The second-order valence-electron chi connectivity index (χ2n) is 6.26. The molecule has 0 saturated heterocycles. The standard InChI is InChI=1S/C17H28N2O/c1-14-9-6-7-10-15(14)11-8-12-16(20)18-13-17(2,3)19(4)5/h6-7,9-10H,8,11-13H2,1-5H3,(H,18,20). The Bertz CT molecular complexity index is 438. The summed E-state index contributed by atoms with van der Waals surface area (Å²) in [5, 5.41) is 3.02. The third-order valence-electron chi connectivity index (χ3n) is 4.04. The highest BCUT2D eigenvalue weighted by atomic mass is 16.1. The number of benzene rings is 1. The molecule has 0 unspecified atom stereocenters. The van der Waals surface area contributed by atoms with Gasteiger partial charge in [0.15, 0.2) is 0 Å². The maximum Gasteiger partial charge on any atom is 0.220 e. The predicted octanol–water partition coefficient (Wildman–Crippen LogP) is 2.77. The van der Waals surface area contributed by atoms with Crippen molar-refractivity contribution < 1.29 is 4.79 Å². The quantitative estimate of drug-likeness (QED) is 0.830. The van der Waals surface area contributed by atoms with Gasteiger partial charge in [-0.25, -0.2) is 0 Å². The van der Waals surface area contributed by atoms with E-state index in [1.807, 2.05) is 14.1 Å². The van der Waals surface area contributed by atoms with Crippen molar-refractivity contribution in [3.8, 4) is 0 Å². The molecule has 112 valence electrons. The summed E-state index contributed by atoms with van der Waals surface area (Å²) in [5.74, 6) is 0.147. The van der Waals surface area contributed by atoms with Crippen LogP contribution in [0.25, 0.3) is 0 Å². The van der Waals surface area contributed by atoms with Crippen molar-refractivity contribution in [1.82, 2.24) is 10.2 Å². The van der Waals surface area contributed by atoms with E-state index in [4.69, 9.17) is 0 Å². The molecule has 1 aromatic rings. The first kappa shape index (κ1) is 16.7. The molecular weight excluding hydrogens is 248 g/mol. The molecule has 0 aromatic heterocycles. The van der Waals surface area contributed by atoms with E-state index in [1.54, 1.807) is 0 Å². The number of hydrogen-bond donors (Lipinski definition) is 1. The van der Waals surface area contributed by atoms with Crippen LogP contribution < -0.4 is 5.32 Å². The predicted molar refractivity (Wildman–Crippen MR) is 84.9 cm³/mol. The number of likely N-dealkylation sites (N-methyl/N-ethyl adjacent to an activating group) is 1. The van der Waals surface area contributed by atoms with Crippen molar-refractivity contribution in [3.05, 3.63) is 35.4 Å². The largest absolute Gasteiger partial charge is 0.354 e. The lowest BCUT2D eigenvalue weighted by molar-refractivity contribution is -0.121. The van der Waals surface area contributed by atoms with Crippen molar-refractivity contribution in [2.75, 3.05) is 20.6 Å². The highest BCUT2D eigenvalue weighted by Crippen LogP contribution is 2.11. The maximum atomic E-state index is 11.9. The van der Waals surface area contributed by atoms with Gasteiger partial charge in [-0.1, -0.05) is 24.3 Å². The van der Waals surface area contributed by atoms with Gasteiger partial charge in [0.1, 0.15) is 0 Å². The molecule has 1 N–H and O–H groups in total. The first-order chi connectivity index (χ1) is 9.33. The van der Waals surface area contributed by atoms with Gasteiger partial charge in [-0.3, -0.25) is 4.79 Å². The summed E-state index contributed by atoms with van der Waals surface area (Å²) in [5.41, 5.74) is 2.64. The van der Waals surface area contributed by atoms with Crippen LogP contribution in [0.5, 0.6) is 0 Å². The fraction of sp³-hybridized carbons (Fsp3) is 0.588. The van der Waals surface area contributed by atoms with Crippen LogP contribution in [-0.4, -0.2) is 37.0 Å². The van der Waals surface area contributed by atoms with Crippen molar-refractivity contribution in [2.24, 2.45) is 0 Å². The molecule has 0 aliphatic heterocycles. The molecule has 20 heavy (non-hydrogen) atoms. The molecular formula is C17H28N2O. The molecule has 3 nitrogen and oxygen atoms in total. The first-order valence-electron chi connectivity index (χ1n) is 7.31. The summed E-state index contributed by atoms with van der Waals surface area (Å²) in [4.78, 5) is 14.0. The molecule has 3 heteroatoms. The second kappa shape index (κ2) is 7.44. The van der Waals surface area contributed by atoms with E-state index in [9.17, 15) is 4.79 Å². The topological polar surface area (TPSA) is 32.3 Å². The minimum Gasteiger partial charge on any atom is -0.354 e. The normalized spacial score (nSPS) is 11.7. The fourth-order valence-corrected chi connectivity index (χ4v) is 1.89. The molecule has 0 aliphatic rings. The zero-order valence-corrected chi connectivity index (χ0v) is 13.5. The molecule has 0 radical (unpaired) electrons. The van der Waals surface area contributed by atoms with Crippen LogP contribution in [0.15, 0.2) is 24.3 Å². The number of carbonyl (C=O) groups excluding carboxylic acids is 1. The molecule has 0 aliphatic carbocycles. The Labute approximate surface area is 123 Å². The molecule has 0 spiro atoms. The zero-order valence-electron chi connectivity index (χ0n) is 13.5. The third kappa shape index (κ3) is 5.33. The van der Waals surface area contributed by atoms with E-state index in [0.717, 1.165) is 12.8 Å². The Hall–Kier alpha value is -1.35. The van der Waals surface area contributed by atoms with Crippen LogP contribution in [0, 0.1) is 6.92 Å². The minimum absolute atomic E-state index is 0.00826. The lowest BCUT2D eigenvalue weighted by Crippen LogP contribution is -2.48. The number of aryl methyl sites for hydroxylation is 2. The highest BCUT2D eigenvalue weighted by Gasteiger charge is 2.20. The lowest BCUT2D eigenvalue weighted by atomic mass is 10.0. The van der Waals surface area contributed by atoms with E-state index in [-0.39, 0.29) is 11.4 Å². The third-order valence-corrected chi connectivity index (χ3v) is 4.04. The summed E-state index contributed by atoms with van der Waals surface area (Å²) in [6.07, 6.45) is 2.47. The van der Waals surface area contributed by atoms with Gasteiger partial charge in [0.25, 0.3) is 0 Å². The number of amides is 1. The molecule has 0 heterocycles. The van der Waals surface area contributed by atoms with E-state index >= 15 is 0 Å². The van der Waals surface area contributed by atoms with Gasteiger partial charge in [-0.05, 0) is 58.8 Å². The van der Waals surface area contributed by atoms with Gasteiger partial charge in [0.05, 0.1) is 0 Å². The van der Waals surface area contributed by atoms with Crippen molar-refractivity contribution in [2.45, 2.75) is 45.6 Å². The van der Waals surface area contributed by atoms with E-state index in [1.165, 1.54) is 11.1 Å². The van der Waals surface area contributed by atoms with Crippen molar-refractivity contribution in [3.63, 3.8) is 0 Å². The summed E-state index contributed by atoms with van der Waals surface area (Å²) in [6, 6.07) is 8.37. The van der Waals surface area contributed by atoms with Gasteiger partial charge >= 0.3 is 0 Å². The number of nitrogens with one attached hydrogen (secondary N) is 1. The van der Waals surface area contributed by atoms with Crippen molar-refractivity contribution in [1.29, 1.82) is 0 Å². The van der Waals surface area contributed by atoms with Gasteiger partial charge in [0, 0.05) is 18.5 Å². The Kier molecular flexibility index (Phi) is 6.21. The molecule has 0 fully saturated rings. The number of carbonyl (C=O) groups is 1. The Balaban J connectivity index is 2.29. The first-order valence-corrected chi connectivity index (χ1v) is 7.31. The smallest absolute Gasteiger partial charge is 0.220 e. The maximum absolute atomic E-state index is 11.9. The Morgan fingerprint density at radius 3 is 2.50 bits per heavy atom. The van der Waals surface area contributed by atoms with Crippen LogP contribution in [0.3, 0.4) is 0 Å². The lowest BCUT2D eigenvalue weighted by Gasteiger charge is -2.32. The Morgan fingerprint density at radius 2 is 1.90 bits per heavy atom. The summed E-state index contributed by atoms with van der Waals surface area (Å²) < 4.78 is 0. The highest BCUT2D eigenvalue weighted by molar-refractivity contribution is 5.75. The molecule has 1 rings (SSSR count). The number of rotatable bonds is 7. The Morgan fingerprint density at radius 1 is 1.25 bits per heavy atom. The van der Waals surface area contributed by atoms with Gasteiger partial charge < -0.3 is 10.2 Å². The number of nitrogens with zero attached hydrogens (tertiary/aromatic N) is 1. The SMILES string of the molecule is Cc1ccccc1CCCC(=O)NCC(C)(C)N(C)C. The van der Waals surface area contributed by atoms with Crippen LogP contribution in [-0.2, 0) is 11.2 Å². The monoisotopic (exact) mass is 276 g/mol. The van der Waals surface area contributed by atoms with Crippen LogP contribution >= 0.6 is 0 Å². The molecule has 0 atom stereocenters. The van der Waals surface area contributed by atoms with Gasteiger partial charge in [-0.15, -0.1) is 0 Å². The molecule has 0 bridgehead atoms.